The third-order valence-corrected chi connectivity index (χ3v) is 11.4. The number of fused-ring (bicyclic) bond motifs is 12. The van der Waals surface area contributed by atoms with Crippen LogP contribution in [0.2, 0.25) is 0 Å². The highest BCUT2D eigenvalue weighted by Crippen LogP contribution is 2.56. The van der Waals surface area contributed by atoms with Crippen LogP contribution in [0.5, 0.6) is 0 Å². The Morgan fingerprint density at radius 3 is 1.60 bits per heavy atom. The van der Waals surface area contributed by atoms with Gasteiger partial charge in [0.2, 0.25) is 0 Å². The van der Waals surface area contributed by atoms with E-state index in [1.165, 1.54) is 93.0 Å². The van der Waals surface area contributed by atoms with Crippen molar-refractivity contribution in [2.45, 2.75) is 19.3 Å². The molecule has 1 aliphatic carbocycles. The lowest BCUT2D eigenvalue weighted by Gasteiger charge is -2.24. The molecule has 0 spiro atoms. The van der Waals surface area contributed by atoms with E-state index >= 15 is 0 Å². The van der Waals surface area contributed by atoms with Gasteiger partial charge in [0.05, 0.1) is 0 Å². The van der Waals surface area contributed by atoms with E-state index < -0.39 is 0 Å². The van der Waals surface area contributed by atoms with Gasteiger partial charge in [0, 0.05) is 21.8 Å². The summed E-state index contributed by atoms with van der Waals surface area (Å²) < 4.78 is 6.91. The quantitative estimate of drug-likeness (QED) is 0.136. The molecule has 0 N–H and O–H groups in total. The lowest BCUT2D eigenvalue weighted by molar-refractivity contribution is 0.653. The Morgan fingerprint density at radius 2 is 0.900 bits per heavy atom. The van der Waals surface area contributed by atoms with Crippen molar-refractivity contribution in [1.29, 1.82) is 0 Å². The van der Waals surface area contributed by atoms with E-state index in [1.54, 1.807) is 0 Å². The van der Waals surface area contributed by atoms with Gasteiger partial charge in [-0.05, 0) is 100 Å². The molecule has 50 heavy (non-hydrogen) atoms. The molecular formula is C49H32O. The van der Waals surface area contributed by atoms with Gasteiger partial charge >= 0.3 is 0 Å². The van der Waals surface area contributed by atoms with E-state index in [0.717, 1.165) is 16.6 Å². The summed E-state index contributed by atoms with van der Waals surface area (Å²) in [5.41, 5.74) is 11.9. The number of hydrogen-bond donors (Lipinski definition) is 0. The van der Waals surface area contributed by atoms with E-state index in [1.807, 2.05) is 0 Å². The second-order valence-electron chi connectivity index (χ2n) is 14.4. The predicted molar refractivity (Wildman–Crippen MR) is 212 cm³/mol. The topological polar surface area (TPSA) is 13.1 Å². The van der Waals surface area contributed by atoms with Gasteiger partial charge in [0.25, 0.3) is 0 Å². The summed E-state index contributed by atoms with van der Waals surface area (Å²) in [5.74, 6) is 0. The Bertz CT molecular complexity index is 3010. The van der Waals surface area contributed by atoms with Crippen molar-refractivity contribution in [3.8, 4) is 33.4 Å². The summed E-state index contributed by atoms with van der Waals surface area (Å²) in [4.78, 5) is 0. The molecule has 0 atom stereocenters. The van der Waals surface area contributed by atoms with Crippen molar-refractivity contribution in [3.05, 3.63) is 169 Å². The van der Waals surface area contributed by atoms with Crippen LogP contribution in [0, 0.1) is 0 Å². The summed E-state index contributed by atoms with van der Waals surface area (Å²) in [6.07, 6.45) is 0. The molecule has 11 rings (SSSR count). The van der Waals surface area contributed by atoms with Crippen molar-refractivity contribution >= 4 is 65.0 Å². The van der Waals surface area contributed by atoms with Crippen LogP contribution in [0.4, 0.5) is 0 Å². The molecule has 1 heterocycles. The first-order valence-corrected chi connectivity index (χ1v) is 17.5. The van der Waals surface area contributed by atoms with Crippen LogP contribution in [0.1, 0.15) is 25.0 Å². The molecule has 0 saturated carbocycles. The van der Waals surface area contributed by atoms with Crippen LogP contribution in [0.15, 0.2) is 162 Å². The minimum Gasteiger partial charge on any atom is -0.455 e. The lowest BCUT2D eigenvalue weighted by Crippen LogP contribution is -2.15. The molecule has 1 heteroatoms. The largest absolute Gasteiger partial charge is 0.455 e. The standard InChI is InChI=1S/C49H32O/c1-49(2)41-25-13-11-23-37(41)47-42(49)28-40(46-38-24-12-14-26-43(38)50-48(46)47)45-35-21-9-7-19-33(35)44(34-20-8-10-22-36(34)45)39-27-29-15-3-4-16-30(29)31-17-5-6-18-32(31)39/h3-28H,1-2H3. The van der Waals surface area contributed by atoms with E-state index in [4.69, 9.17) is 4.42 Å². The lowest BCUT2D eigenvalue weighted by atomic mass is 9.79. The molecular weight excluding hydrogens is 605 g/mol. The molecule has 0 fully saturated rings. The third kappa shape index (κ3) is 3.56. The van der Waals surface area contributed by atoms with Crippen LogP contribution < -0.4 is 0 Å². The highest BCUT2D eigenvalue weighted by Gasteiger charge is 2.39. The Balaban J connectivity index is 1.34. The molecule has 1 aliphatic rings. The van der Waals surface area contributed by atoms with Crippen molar-refractivity contribution in [2.75, 3.05) is 0 Å². The van der Waals surface area contributed by atoms with Gasteiger partial charge in [0.1, 0.15) is 11.2 Å². The second-order valence-corrected chi connectivity index (χ2v) is 14.4. The smallest absolute Gasteiger partial charge is 0.144 e. The molecule has 1 nitrogen and oxygen atoms in total. The predicted octanol–water partition coefficient (Wildman–Crippen LogP) is 13.8. The SMILES string of the molecule is CC1(C)c2ccccc2-c2c1cc(-c1c3ccccc3c(-c3cc4ccccc4c4ccccc34)c3ccccc13)c1c2oc2ccccc21. The normalized spacial score (nSPS) is 13.6. The van der Waals surface area contributed by atoms with Gasteiger partial charge in [-0.2, -0.15) is 0 Å². The minimum atomic E-state index is -0.177. The molecule has 0 aliphatic heterocycles. The van der Waals surface area contributed by atoms with E-state index in [9.17, 15) is 0 Å². The van der Waals surface area contributed by atoms with Crippen molar-refractivity contribution in [3.63, 3.8) is 0 Å². The van der Waals surface area contributed by atoms with E-state index in [2.05, 4.69) is 172 Å². The van der Waals surface area contributed by atoms with Crippen LogP contribution in [-0.2, 0) is 5.41 Å². The van der Waals surface area contributed by atoms with Crippen LogP contribution in [-0.4, -0.2) is 0 Å². The average molecular weight is 637 g/mol. The highest BCUT2D eigenvalue weighted by atomic mass is 16.3. The molecule has 9 aromatic carbocycles. The summed E-state index contributed by atoms with van der Waals surface area (Å²) >= 11 is 0. The minimum absolute atomic E-state index is 0.177. The Morgan fingerprint density at radius 1 is 0.380 bits per heavy atom. The van der Waals surface area contributed by atoms with Crippen LogP contribution in [0.25, 0.3) is 98.4 Å². The summed E-state index contributed by atoms with van der Waals surface area (Å²) in [6.45, 7) is 4.72. The zero-order valence-electron chi connectivity index (χ0n) is 27.9. The molecule has 0 amide bonds. The average Bonchev–Trinajstić information content (AvgIpc) is 3.66. The first-order valence-electron chi connectivity index (χ1n) is 17.5. The number of rotatable bonds is 2. The summed E-state index contributed by atoms with van der Waals surface area (Å²) in [6, 6.07) is 58.1. The van der Waals surface area contributed by atoms with Crippen molar-refractivity contribution in [2.24, 2.45) is 0 Å². The molecule has 1 aromatic heterocycles. The number of para-hydroxylation sites is 1. The van der Waals surface area contributed by atoms with E-state index in [-0.39, 0.29) is 5.41 Å². The molecule has 0 bridgehead atoms. The van der Waals surface area contributed by atoms with Crippen molar-refractivity contribution < 1.29 is 4.42 Å². The highest BCUT2D eigenvalue weighted by molar-refractivity contribution is 6.29. The molecule has 0 unspecified atom stereocenters. The molecule has 10 aromatic rings. The van der Waals surface area contributed by atoms with Gasteiger partial charge in [0.15, 0.2) is 0 Å². The van der Waals surface area contributed by atoms with Gasteiger partial charge < -0.3 is 4.42 Å². The van der Waals surface area contributed by atoms with Crippen LogP contribution >= 0.6 is 0 Å². The van der Waals surface area contributed by atoms with Gasteiger partial charge in [-0.25, -0.2) is 0 Å². The Kier molecular flexibility index (Phi) is 5.51. The zero-order chi connectivity index (χ0) is 33.1. The molecule has 0 saturated heterocycles. The number of furan rings is 1. The maximum atomic E-state index is 6.91. The second kappa shape index (κ2) is 9.94. The number of hydrogen-bond acceptors (Lipinski definition) is 1. The van der Waals surface area contributed by atoms with E-state index in [0.29, 0.717) is 0 Å². The van der Waals surface area contributed by atoms with Gasteiger partial charge in [-0.1, -0.05) is 153 Å². The maximum absolute atomic E-state index is 6.91. The fourth-order valence-corrected chi connectivity index (χ4v) is 9.22. The number of benzene rings is 9. The first-order chi connectivity index (χ1) is 24.6. The van der Waals surface area contributed by atoms with Gasteiger partial charge in [-0.3, -0.25) is 0 Å². The maximum Gasteiger partial charge on any atom is 0.144 e. The third-order valence-electron chi connectivity index (χ3n) is 11.4. The zero-order valence-corrected chi connectivity index (χ0v) is 27.9. The van der Waals surface area contributed by atoms with Crippen molar-refractivity contribution in [1.82, 2.24) is 0 Å². The molecule has 0 radical (unpaired) electrons. The Hall–Kier alpha value is -6.18. The fourth-order valence-electron chi connectivity index (χ4n) is 9.22. The van der Waals surface area contributed by atoms with Gasteiger partial charge in [-0.15, -0.1) is 0 Å². The Labute approximate surface area is 290 Å². The fraction of sp³-hybridized carbons (Fsp3) is 0.0612. The summed E-state index contributed by atoms with van der Waals surface area (Å²) in [7, 11) is 0. The monoisotopic (exact) mass is 636 g/mol. The first kappa shape index (κ1) is 27.7. The molecule has 234 valence electrons. The summed E-state index contributed by atoms with van der Waals surface area (Å²) in [5, 5.41) is 12.4. The van der Waals surface area contributed by atoms with Crippen LogP contribution in [0.3, 0.4) is 0 Å².